The predicted molar refractivity (Wildman–Crippen MR) is 93.9 cm³/mol. The van der Waals surface area contributed by atoms with Crippen molar-refractivity contribution in [3.05, 3.63) is 28.8 Å². The number of aryl methyl sites for hydroxylation is 1. The van der Waals surface area contributed by atoms with Gasteiger partial charge in [-0.2, -0.15) is 5.26 Å². The highest BCUT2D eigenvalue weighted by atomic mass is 16.5. The van der Waals surface area contributed by atoms with Crippen LogP contribution in [0.15, 0.2) is 12.1 Å². The molecule has 0 heterocycles. The second kappa shape index (κ2) is 7.86. The predicted octanol–water partition coefficient (Wildman–Crippen LogP) is 5.99. The fourth-order valence-electron chi connectivity index (χ4n) is 4.42. The van der Waals surface area contributed by atoms with Crippen molar-refractivity contribution in [1.82, 2.24) is 0 Å². The molecule has 0 radical (unpaired) electrons. The summed E-state index contributed by atoms with van der Waals surface area (Å²) in [5, 5.41) is 8.71. The van der Waals surface area contributed by atoms with Crippen LogP contribution in [-0.4, -0.2) is 6.61 Å². The van der Waals surface area contributed by atoms with Crippen LogP contribution in [-0.2, 0) is 0 Å². The van der Waals surface area contributed by atoms with Gasteiger partial charge in [0, 0.05) is 6.42 Å². The van der Waals surface area contributed by atoms with Crippen molar-refractivity contribution in [3.63, 3.8) is 0 Å². The molecule has 2 aliphatic carbocycles. The Balaban J connectivity index is 1.84. The monoisotopic (exact) mass is 311 g/mol. The molecule has 0 aromatic heterocycles. The Kier molecular flexibility index (Phi) is 5.60. The molecule has 2 fully saturated rings. The number of ether oxygens (including phenoxy) is 1. The van der Waals surface area contributed by atoms with Crippen molar-refractivity contribution in [2.24, 2.45) is 0 Å². The third-order valence-electron chi connectivity index (χ3n) is 5.68. The fraction of sp³-hybridized carbons (Fsp3) is 0.667. The molecule has 0 saturated heterocycles. The van der Waals surface area contributed by atoms with E-state index < -0.39 is 0 Å². The van der Waals surface area contributed by atoms with Gasteiger partial charge >= 0.3 is 0 Å². The second-order valence-corrected chi connectivity index (χ2v) is 7.32. The average Bonchev–Trinajstić information content (AvgIpc) is 3.25. The number of hydrogen-bond donors (Lipinski definition) is 0. The minimum atomic E-state index is 0.583. The molecule has 0 aliphatic heterocycles. The van der Waals surface area contributed by atoms with Gasteiger partial charge in [0.2, 0.25) is 0 Å². The average molecular weight is 311 g/mol. The molecule has 3 rings (SSSR count). The fourth-order valence-corrected chi connectivity index (χ4v) is 4.42. The third kappa shape index (κ3) is 3.89. The van der Waals surface area contributed by atoms with Crippen molar-refractivity contribution in [1.29, 1.82) is 5.26 Å². The van der Waals surface area contributed by atoms with Crippen LogP contribution in [0.2, 0.25) is 0 Å². The van der Waals surface area contributed by atoms with Gasteiger partial charge in [0.1, 0.15) is 5.75 Å². The molecule has 0 N–H and O–H groups in total. The zero-order chi connectivity index (χ0) is 16.1. The van der Waals surface area contributed by atoms with Gasteiger partial charge in [-0.15, -0.1) is 0 Å². The highest BCUT2D eigenvalue weighted by molar-refractivity contribution is 5.46. The zero-order valence-corrected chi connectivity index (χ0v) is 14.4. The maximum atomic E-state index is 8.71. The topological polar surface area (TPSA) is 33.0 Å². The van der Waals surface area contributed by atoms with Gasteiger partial charge in [0.15, 0.2) is 0 Å². The first-order chi connectivity index (χ1) is 11.3. The lowest BCUT2D eigenvalue weighted by molar-refractivity contribution is 0.307. The molecule has 2 nitrogen and oxygen atoms in total. The molecule has 0 atom stereocenters. The quantitative estimate of drug-likeness (QED) is 0.604. The van der Waals surface area contributed by atoms with Gasteiger partial charge in [-0.25, -0.2) is 0 Å². The maximum absolute atomic E-state index is 8.71. The van der Waals surface area contributed by atoms with Crippen molar-refractivity contribution in [2.75, 3.05) is 6.61 Å². The Bertz CT molecular complexity index is 560. The third-order valence-corrected chi connectivity index (χ3v) is 5.68. The van der Waals surface area contributed by atoms with Crippen molar-refractivity contribution < 1.29 is 4.74 Å². The van der Waals surface area contributed by atoms with Crippen molar-refractivity contribution >= 4 is 0 Å². The van der Waals surface area contributed by atoms with Gasteiger partial charge < -0.3 is 4.74 Å². The van der Waals surface area contributed by atoms with Crippen LogP contribution < -0.4 is 4.74 Å². The molecule has 23 heavy (non-hydrogen) atoms. The Morgan fingerprint density at radius 3 is 2.22 bits per heavy atom. The van der Waals surface area contributed by atoms with Crippen LogP contribution in [0, 0.1) is 18.3 Å². The Morgan fingerprint density at radius 2 is 1.61 bits per heavy atom. The Labute approximate surface area is 140 Å². The number of nitrogens with zero attached hydrogens (tertiary/aromatic N) is 1. The summed E-state index contributed by atoms with van der Waals surface area (Å²) in [6.45, 7) is 2.95. The van der Waals surface area contributed by atoms with Crippen molar-refractivity contribution in [2.45, 2.75) is 83.0 Å². The lowest BCUT2D eigenvalue weighted by Gasteiger charge is -2.21. The maximum Gasteiger partial charge on any atom is 0.123 e. The van der Waals surface area contributed by atoms with Gasteiger partial charge in [-0.1, -0.05) is 31.7 Å². The molecule has 2 heteroatoms. The minimum Gasteiger partial charge on any atom is -0.493 e. The molecule has 2 saturated carbocycles. The first kappa shape index (κ1) is 16.4. The summed E-state index contributed by atoms with van der Waals surface area (Å²) in [5.41, 5.74) is 4.40. The zero-order valence-electron chi connectivity index (χ0n) is 14.4. The summed E-state index contributed by atoms with van der Waals surface area (Å²) in [4.78, 5) is 0. The number of benzene rings is 1. The van der Waals surface area contributed by atoms with E-state index in [1.54, 1.807) is 0 Å². The number of hydrogen-bond acceptors (Lipinski definition) is 2. The molecule has 1 aromatic rings. The minimum absolute atomic E-state index is 0.583. The molecular weight excluding hydrogens is 282 g/mol. The lowest BCUT2D eigenvalue weighted by Crippen LogP contribution is -2.06. The number of unbranched alkanes of at least 4 members (excludes halogenated alkanes) is 1. The largest absolute Gasteiger partial charge is 0.493 e. The van der Waals surface area contributed by atoms with E-state index in [4.69, 9.17) is 10.00 Å². The van der Waals surface area contributed by atoms with Crippen LogP contribution in [0.1, 0.15) is 92.7 Å². The Hall–Kier alpha value is -1.49. The summed E-state index contributed by atoms with van der Waals surface area (Å²) in [5.74, 6) is 2.52. The van der Waals surface area contributed by atoms with Gasteiger partial charge in [-0.05, 0) is 73.6 Å². The summed E-state index contributed by atoms with van der Waals surface area (Å²) < 4.78 is 6.16. The van der Waals surface area contributed by atoms with Crippen LogP contribution in [0.5, 0.6) is 5.75 Å². The summed E-state index contributed by atoms with van der Waals surface area (Å²) in [6, 6.07) is 6.98. The normalized spacial score (nSPS) is 19.1. The number of nitriles is 1. The van der Waals surface area contributed by atoms with Crippen molar-refractivity contribution in [3.8, 4) is 11.8 Å². The first-order valence-corrected chi connectivity index (χ1v) is 9.44. The summed E-state index contributed by atoms with van der Waals surface area (Å²) in [6.07, 6.45) is 12.1. The Morgan fingerprint density at radius 1 is 1.00 bits per heavy atom. The number of rotatable bonds is 6. The van der Waals surface area contributed by atoms with Gasteiger partial charge in [0.25, 0.3) is 0 Å². The van der Waals surface area contributed by atoms with Crippen LogP contribution in [0.25, 0.3) is 0 Å². The van der Waals surface area contributed by atoms with E-state index >= 15 is 0 Å². The molecule has 0 amide bonds. The summed E-state index contributed by atoms with van der Waals surface area (Å²) >= 11 is 0. The SMILES string of the molecule is Cc1cc(C2CCCC2)c(OCCCC#N)cc1C1CCCC1. The van der Waals surface area contributed by atoms with E-state index in [1.807, 2.05) is 0 Å². The first-order valence-electron chi connectivity index (χ1n) is 9.44. The van der Waals surface area contributed by atoms with Crippen LogP contribution in [0.3, 0.4) is 0 Å². The second-order valence-electron chi connectivity index (χ2n) is 7.32. The standard InChI is InChI=1S/C21H29NO/c1-16-14-20(18-10-4-5-11-18)21(23-13-7-6-12-22)15-19(16)17-8-2-3-9-17/h14-15,17-18H,2-11,13H2,1H3. The molecule has 2 aliphatic rings. The van der Waals surface area contributed by atoms with Crippen LogP contribution >= 0.6 is 0 Å². The van der Waals surface area contributed by atoms with Gasteiger partial charge in [0.05, 0.1) is 12.7 Å². The molecule has 124 valence electrons. The van der Waals surface area contributed by atoms with E-state index in [1.165, 1.54) is 68.1 Å². The van der Waals surface area contributed by atoms with Gasteiger partial charge in [-0.3, -0.25) is 0 Å². The van der Waals surface area contributed by atoms with E-state index in [0.717, 1.165) is 18.1 Å². The lowest BCUT2D eigenvalue weighted by atomic mass is 9.88. The molecule has 0 bridgehead atoms. The summed E-state index contributed by atoms with van der Waals surface area (Å²) in [7, 11) is 0. The molecule has 1 aromatic carbocycles. The van der Waals surface area contributed by atoms with E-state index in [0.29, 0.717) is 18.9 Å². The highest BCUT2D eigenvalue weighted by Gasteiger charge is 2.25. The smallest absolute Gasteiger partial charge is 0.123 e. The van der Waals surface area contributed by atoms with E-state index in [-0.39, 0.29) is 0 Å². The molecule has 0 unspecified atom stereocenters. The molecule has 0 spiro atoms. The van der Waals surface area contributed by atoms with E-state index in [2.05, 4.69) is 25.1 Å². The molecular formula is C21H29NO. The van der Waals surface area contributed by atoms with Crippen LogP contribution in [0.4, 0.5) is 0 Å². The van der Waals surface area contributed by atoms with E-state index in [9.17, 15) is 0 Å². The highest BCUT2D eigenvalue weighted by Crippen LogP contribution is 2.43.